The van der Waals surface area contributed by atoms with E-state index in [2.05, 4.69) is 6.58 Å². The molecule has 0 unspecified atom stereocenters. The number of carbonyl (C=O) groups is 1. The van der Waals surface area contributed by atoms with E-state index in [0.29, 0.717) is 11.5 Å². The van der Waals surface area contributed by atoms with Crippen LogP contribution in [0.5, 0.6) is 0 Å². The molecule has 0 aliphatic heterocycles. The molecular weight excluding hydrogens is 176 g/mol. The van der Waals surface area contributed by atoms with Crippen LogP contribution >= 0.6 is 11.6 Å². The molecule has 0 saturated carbocycles. The van der Waals surface area contributed by atoms with E-state index in [4.69, 9.17) is 16.7 Å². The van der Waals surface area contributed by atoms with Crippen LogP contribution in [0, 0.1) is 0 Å². The van der Waals surface area contributed by atoms with E-state index >= 15 is 0 Å². The van der Waals surface area contributed by atoms with Gasteiger partial charge in [0.25, 0.3) is 0 Å². The van der Waals surface area contributed by atoms with E-state index in [1.165, 1.54) is 0 Å². The second kappa shape index (κ2) is 6.68. The zero-order valence-corrected chi connectivity index (χ0v) is 7.42. The van der Waals surface area contributed by atoms with Crippen LogP contribution in [-0.2, 0) is 4.79 Å². The normalized spacial score (nSPS) is 11.9. The predicted molar refractivity (Wildman–Crippen MR) is 50.1 cm³/mol. The van der Waals surface area contributed by atoms with Gasteiger partial charge >= 0.3 is 5.97 Å². The molecule has 0 spiro atoms. The molecule has 0 bridgehead atoms. The van der Waals surface area contributed by atoms with Crippen molar-refractivity contribution in [2.75, 3.05) is 0 Å². The average Bonchev–Trinajstić information content (AvgIpc) is 1.98. The molecule has 1 N–H and O–H groups in total. The Morgan fingerprint density at radius 3 is 2.75 bits per heavy atom. The first-order valence-corrected chi connectivity index (χ1v) is 3.91. The highest BCUT2D eigenvalue weighted by atomic mass is 35.5. The molecular formula is C9H11ClO2. The highest BCUT2D eigenvalue weighted by Crippen LogP contribution is 2.04. The van der Waals surface area contributed by atoms with Gasteiger partial charge in [0.2, 0.25) is 0 Å². The van der Waals surface area contributed by atoms with Gasteiger partial charge in [0, 0.05) is 11.5 Å². The Hall–Kier alpha value is -1.02. The van der Waals surface area contributed by atoms with Crippen LogP contribution in [0.3, 0.4) is 0 Å². The highest BCUT2D eigenvalue weighted by Gasteiger charge is 1.91. The molecule has 66 valence electrons. The Balaban J connectivity index is 3.68. The fourth-order valence-electron chi connectivity index (χ4n) is 0.571. The standard InChI is InChI=1S/C9H11ClO2/c1-2-5-8(10)6-3-4-7-9(11)12/h2-3,5-6H,1,4,7H2,(H,11,12)/b6-3-,8-5+. The van der Waals surface area contributed by atoms with Gasteiger partial charge in [-0.2, -0.15) is 0 Å². The summed E-state index contributed by atoms with van der Waals surface area (Å²) in [6, 6.07) is 0. The van der Waals surface area contributed by atoms with Crippen molar-refractivity contribution in [3.63, 3.8) is 0 Å². The summed E-state index contributed by atoms with van der Waals surface area (Å²) in [4.78, 5) is 10.1. The van der Waals surface area contributed by atoms with Crippen LogP contribution in [-0.4, -0.2) is 11.1 Å². The lowest BCUT2D eigenvalue weighted by Crippen LogP contribution is -1.91. The Kier molecular flexibility index (Phi) is 6.11. The van der Waals surface area contributed by atoms with E-state index in [9.17, 15) is 4.79 Å². The quantitative estimate of drug-likeness (QED) is 0.671. The van der Waals surface area contributed by atoms with Crippen LogP contribution in [0.15, 0.2) is 35.9 Å². The fraction of sp³-hybridized carbons (Fsp3) is 0.222. The van der Waals surface area contributed by atoms with E-state index in [1.54, 1.807) is 24.3 Å². The van der Waals surface area contributed by atoms with Crippen molar-refractivity contribution in [1.82, 2.24) is 0 Å². The summed E-state index contributed by atoms with van der Waals surface area (Å²) in [5, 5.41) is 8.84. The van der Waals surface area contributed by atoms with Crippen LogP contribution in [0.2, 0.25) is 0 Å². The minimum atomic E-state index is -0.802. The van der Waals surface area contributed by atoms with Gasteiger partial charge < -0.3 is 5.11 Å². The summed E-state index contributed by atoms with van der Waals surface area (Å²) in [5.74, 6) is -0.802. The van der Waals surface area contributed by atoms with Crippen molar-refractivity contribution in [3.8, 4) is 0 Å². The SMILES string of the molecule is C=C/C=C(Cl)\C=C/CCC(=O)O. The molecule has 0 heterocycles. The lowest BCUT2D eigenvalue weighted by atomic mass is 10.3. The molecule has 3 heteroatoms. The van der Waals surface area contributed by atoms with Crippen molar-refractivity contribution in [3.05, 3.63) is 35.9 Å². The van der Waals surface area contributed by atoms with Gasteiger partial charge in [-0.05, 0) is 18.6 Å². The molecule has 0 rings (SSSR count). The first kappa shape index (κ1) is 11.0. The largest absolute Gasteiger partial charge is 0.481 e. The second-order valence-corrected chi connectivity index (χ2v) is 2.56. The van der Waals surface area contributed by atoms with Gasteiger partial charge in [-0.1, -0.05) is 30.3 Å². The van der Waals surface area contributed by atoms with Gasteiger partial charge in [-0.15, -0.1) is 0 Å². The van der Waals surface area contributed by atoms with Crippen molar-refractivity contribution < 1.29 is 9.90 Å². The molecule has 0 fully saturated rings. The van der Waals surface area contributed by atoms with Crippen molar-refractivity contribution in [1.29, 1.82) is 0 Å². The number of allylic oxidation sites excluding steroid dienone is 5. The smallest absolute Gasteiger partial charge is 0.303 e. The predicted octanol–water partition coefficient (Wildman–Crippen LogP) is 2.72. The number of rotatable bonds is 5. The first-order chi connectivity index (χ1) is 5.66. The summed E-state index contributed by atoms with van der Waals surface area (Å²) >= 11 is 5.65. The Morgan fingerprint density at radius 2 is 2.25 bits per heavy atom. The number of aliphatic carboxylic acids is 1. The minimum absolute atomic E-state index is 0.134. The highest BCUT2D eigenvalue weighted by molar-refractivity contribution is 6.31. The third kappa shape index (κ3) is 7.09. The number of carboxylic acids is 1. The Bertz CT molecular complexity index is 217. The third-order valence-electron chi connectivity index (χ3n) is 1.08. The van der Waals surface area contributed by atoms with E-state index in [0.717, 1.165) is 0 Å². The lowest BCUT2D eigenvalue weighted by Gasteiger charge is -1.87. The van der Waals surface area contributed by atoms with Crippen molar-refractivity contribution >= 4 is 17.6 Å². The van der Waals surface area contributed by atoms with E-state index in [-0.39, 0.29) is 6.42 Å². The van der Waals surface area contributed by atoms with Gasteiger partial charge in [-0.25, -0.2) is 0 Å². The monoisotopic (exact) mass is 186 g/mol. The second-order valence-electron chi connectivity index (χ2n) is 2.12. The van der Waals surface area contributed by atoms with Crippen LogP contribution in [0.1, 0.15) is 12.8 Å². The summed E-state index contributed by atoms with van der Waals surface area (Å²) in [5.41, 5.74) is 0. The molecule has 0 aromatic carbocycles. The molecule has 0 radical (unpaired) electrons. The van der Waals surface area contributed by atoms with Crippen LogP contribution in [0.25, 0.3) is 0 Å². The van der Waals surface area contributed by atoms with Crippen LogP contribution in [0.4, 0.5) is 0 Å². The van der Waals surface area contributed by atoms with Crippen molar-refractivity contribution in [2.24, 2.45) is 0 Å². The summed E-state index contributed by atoms with van der Waals surface area (Å²) < 4.78 is 0. The van der Waals surface area contributed by atoms with Gasteiger partial charge in [0.1, 0.15) is 0 Å². The Labute approximate surface area is 76.8 Å². The van der Waals surface area contributed by atoms with Crippen LogP contribution < -0.4 is 0 Å². The molecule has 0 atom stereocenters. The Morgan fingerprint density at radius 1 is 1.58 bits per heavy atom. The molecule has 0 aliphatic rings. The molecule has 0 aromatic heterocycles. The van der Waals surface area contributed by atoms with Crippen molar-refractivity contribution in [2.45, 2.75) is 12.8 Å². The number of carboxylic acid groups (broad SMARTS) is 1. The van der Waals surface area contributed by atoms with E-state index < -0.39 is 5.97 Å². The third-order valence-corrected chi connectivity index (χ3v) is 1.33. The first-order valence-electron chi connectivity index (χ1n) is 3.53. The summed E-state index contributed by atoms with van der Waals surface area (Å²) in [6.07, 6.45) is 7.22. The topological polar surface area (TPSA) is 37.3 Å². The summed E-state index contributed by atoms with van der Waals surface area (Å²) in [7, 11) is 0. The maximum absolute atomic E-state index is 10.1. The number of hydrogen-bond donors (Lipinski definition) is 1. The maximum Gasteiger partial charge on any atom is 0.303 e. The van der Waals surface area contributed by atoms with Gasteiger partial charge in [0.05, 0.1) is 0 Å². The van der Waals surface area contributed by atoms with E-state index in [1.807, 2.05) is 0 Å². The minimum Gasteiger partial charge on any atom is -0.481 e. The zero-order valence-electron chi connectivity index (χ0n) is 6.66. The molecule has 0 aliphatic carbocycles. The zero-order chi connectivity index (χ0) is 9.40. The molecule has 0 saturated heterocycles. The molecule has 0 amide bonds. The number of hydrogen-bond acceptors (Lipinski definition) is 1. The van der Waals surface area contributed by atoms with Gasteiger partial charge in [0.15, 0.2) is 0 Å². The number of halogens is 1. The lowest BCUT2D eigenvalue weighted by molar-refractivity contribution is -0.136. The average molecular weight is 187 g/mol. The maximum atomic E-state index is 10.1. The van der Waals surface area contributed by atoms with Gasteiger partial charge in [-0.3, -0.25) is 4.79 Å². The molecule has 2 nitrogen and oxygen atoms in total. The fourth-order valence-corrected chi connectivity index (χ4v) is 0.749. The summed E-state index contributed by atoms with van der Waals surface area (Å²) in [6.45, 7) is 3.47. The molecule has 12 heavy (non-hydrogen) atoms. The molecule has 0 aromatic rings.